The maximum atomic E-state index is 5.64. The first-order chi connectivity index (χ1) is 10.2. The van der Waals surface area contributed by atoms with Gasteiger partial charge < -0.3 is 19.6 Å². The second-order valence-corrected chi connectivity index (χ2v) is 4.97. The van der Waals surface area contributed by atoms with E-state index in [9.17, 15) is 0 Å². The van der Waals surface area contributed by atoms with Gasteiger partial charge in [-0.3, -0.25) is 4.99 Å². The fourth-order valence-electron chi connectivity index (χ4n) is 2.63. The van der Waals surface area contributed by atoms with Gasteiger partial charge in [0.25, 0.3) is 0 Å². The third-order valence-corrected chi connectivity index (χ3v) is 3.71. The number of hydrazine groups is 1. The summed E-state index contributed by atoms with van der Waals surface area (Å²) < 4.78 is 16.0. The minimum Gasteiger partial charge on any atom is -0.493 e. The summed E-state index contributed by atoms with van der Waals surface area (Å²) in [5.74, 6) is 8.01. The number of aliphatic imine (C=N–C) groups is 1. The summed E-state index contributed by atoms with van der Waals surface area (Å²) in [5.41, 5.74) is 3.50. The van der Waals surface area contributed by atoms with Gasteiger partial charge in [-0.2, -0.15) is 0 Å². The molecule has 1 aromatic rings. The standard InChI is InChI=1S/C15H23N3O3/c1-19-12-8-10(9-13(20-2)14(12)21-3)15(18-16)17-11-6-4-5-7-11/h8-9,11H,4-7,16H2,1-3H3,(H,17,18). The zero-order valence-corrected chi connectivity index (χ0v) is 12.8. The van der Waals surface area contributed by atoms with Crippen LogP contribution in [0.25, 0.3) is 0 Å². The van der Waals surface area contributed by atoms with E-state index in [-0.39, 0.29) is 0 Å². The van der Waals surface area contributed by atoms with Crippen molar-refractivity contribution in [3.63, 3.8) is 0 Å². The normalized spacial score (nSPS) is 15.9. The molecule has 1 aliphatic rings. The highest BCUT2D eigenvalue weighted by Crippen LogP contribution is 2.38. The summed E-state index contributed by atoms with van der Waals surface area (Å²) in [7, 11) is 4.75. The quantitative estimate of drug-likeness (QED) is 0.375. The van der Waals surface area contributed by atoms with Gasteiger partial charge in [0.2, 0.25) is 5.75 Å². The van der Waals surface area contributed by atoms with E-state index in [2.05, 4.69) is 5.43 Å². The Morgan fingerprint density at radius 3 is 2.10 bits per heavy atom. The average Bonchev–Trinajstić information content (AvgIpc) is 3.04. The third-order valence-electron chi connectivity index (χ3n) is 3.71. The van der Waals surface area contributed by atoms with Gasteiger partial charge in [0.05, 0.1) is 27.4 Å². The van der Waals surface area contributed by atoms with Gasteiger partial charge in [-0.05, 0) is 25.0 Å². The van der Waals surface area contributed by atoms with Crippen LogP contribution in [0.1, 0.15) is 31.2 Å². The Kier molecular flexibility index (Phi) is 5.27. The predicted octanol–water partition coefficient (Wildman–Crippen LogP) is 1.86. The lowest BCUT2D eigenvalue weighted by molar-refractivity contribution is 0.324. The van der Waals surface area contributed by atoms with Crippen LogP contribution in [0.15, 0.2) is 17.1 Å². The molecule has 1 aliphatic carbocycles. The molecule has 0 spiro atoms. The number of nitrogens with two attached hydrogens (primary N) is 1. The summed E-state index contributed by atoms with van der Waals surface area (Å²) in [6.45, 7) is 0. The maximum Gasteiger partial charge on any atom is 0.203 e. The van der Waals surface area contributed by atoms with Crippen molar-refractivity contribution in [2.24, 2.45) is 10.8 Å². The van der Waals surface area contributed by atoms with E-state index >= 15 is 0 Å². The number of methoxy groups -OCH3 is 3. The Morgan fingerprint density at radius 1 is 1.10 bits per heavy atom. The molecule has 2 rings (SSSR count). The topological polar surface area (TPSA) is 78.1 Å². The Balaban J connectivity index is 2.40. The Labute approximate surface area is 125 Å². The number of rotatable bonds is 5. The highest BCUT2D eigenvalue weighted by atomic mass is 16.5. The van der Waals surface area contributed by atoms with Crippen molar-refractivity contribution in [2.45, 2.75) is 31.7 Å². The number of hydrogen-bond donors (Lipinski definition) is 2. The molecule has 1 fully saturated rings. The summed E-state index contributed by atoms with van der Waals surface area (Å²) in [5, 5.41) is 0. The first kappa shape index (κ1) is 15.4. The van der Waals surface area contributed by atoms with Crippen molar-refractivity contribution in [1.82, 2.24) is 5.43 Å². The lowest BCUT2D eigenvalue weighted by atomic mass is 10.1. The smallest absolute Gasteiger partial charge is 0.203 e. The first-order valence-electron chi connectivity index (χ1n) is 7.08. The van der Waals surface area contributed by atoms with Gasteiger partial charge >= 0.3 is 0 Å². The Bertz CT molecular complexity index is 486. The molecule has 6 nitrogen and oxygen atoms in total. The van der Waals surface area contributed by atoms with E-state index in [0.29, 0.717) is 29.1 Å². The van der Waals surface area contributed by atoms with Gasteiger partial charge in [-0.15, -0.1) is 0 Å². The number of nitrogens with one attached hydrogen (secondary N) is 1. The lowest BCUT2D eigenvalue weighted by Gasteiger charge is -2.15. The SMILES string of the molecule is COc1cc(C(=NC2CCCC2)NN)cc(OC)c1OC. The molecule has 0 radical (unpaired) electrons. The largest absolute Gasteiger partial charge is 0.493 e. The summed E-state index contributed by atoms with van der Waals surface area (Å²) in [4.78, 5) is 4.70. The predicted molar refractivity (Wildman–Crippen MR) is 82.2 cm³/mol. The molecule has 0 aliphatic heterocycles. The molecule has 0 saturated heterocycles. The van der Waals surface area contributed by atoms with Gasteiger partial charge in [-0.25, -0.2) is 5.84 Å². The van der Waals surface area contributed by atoms with Crippen molar-refractivity contribution in [1.29, 1.82) is 0 Å². The zero-order valence-electron chi connectivity index (χ0n) is 12.8. The number of ether oxygens (including phenoxy) is 3. The fourth-order valence-corrected chi connectivity index (χ4v) is 2.63. The third kappa shape index (κ3) is 3.39. The van der Waals surface area contributed by atoms with Crippen LogP contribution in [-0.4, -0.2) is 33.2 Å². The van der Waals surface area contributed by atoms with Crippen LogP contribution >= 0.6 is 0 Å². The number of nitrogens with zero attached hydrogens (tertiary/aromatic N) is 1. The van der Waals surface area contributed by atoms with Gasteiger partial charge in [0.15, 0.2) is 11.5 Å². The van der Waals surface area contributed by atoms with E-state index < -0.39 is 0 Å². The van der Waals surface area contributed by atoms with Crippen LogP contribution in [-0.2, 0) is 0 Å². The molecule has 3 N–H and O–H groups in total. The van der Waals surface area contributed by atoms with E-state index in [1.165, 1.54) is 12.8 Å². The lowest BCUT2D eigenvalue weighted by Crippen LogP contribution is -2.32. The summed E-state index contributed by atoms with van der Waals surface area (Å²) in [6, 6.07) is 4.01. The molecule has 1 saturated carbocycles. The van der Waals surface area contributed by atoms with Crippen molar-refractivity contribution in [3.8, 4) is 17.2 Å². The molecule has 0 unspecified atom stereocenters. The van der Waals surface area contributed by atoms with Crippen LogP contribution in [0.5, 0.6) is 17.2 Å². The molecule has 6 heteroatoms. The highest BCUT2D eigenvalue weighted by Gasteiger charge is 2.18. The summed E-state index contributed by atoms with van der Waals surface area (Å²) in [6.07, 6.45) is 4.66. The van der Waals surface area contributed by atoms with Gasteiger partial charge in [-0.1, -0.05) is 12.8 Å². The molecule has 0 aromatic heterocycles. The van der Waals surface area contributed by atoms with E-state index in [1.54, 1.807) is 21.3 Å². The second kappa shape index (κ2) is 7.17. The first-order valence-corrected chi connectivity index (χ1v) is 7.08. The zero-order chi connectivity index (χ0) is 15.2. The van der Waals surface area contributed by atoms with Crippen molar-refractivity contribution < 1.29 is 14.2 Å². The minimum absolute atomic E-state index is 0.329. The molecule has 1 aromatic carbocycles. The van der Waals surface area contributed by atoms with Crippen LogP contribution in [0.3, 0.4) is 0 Å². The second-order valence-electron chi connectivity index (χ2n) is 4.97. The molecule has 0 bridgehead atoms. The molecule has 116 valence electrons. The van der Waals surface area contributed by atoms with Crippen molar-refractivity contribution in [2.75, 3.05) is 21.3 Å². The molecular weight excluding hydrogens is 270 g/mol. The number of amidine groups is 1. The molecule has 0 heterocycles. The monoisotopic (exact) mass is 293 g/mol. The van der Waals surface area contributed by atoms with Crippen LogP contribution < -0.4 is 25.5 Å². The summed E-state index contributed by atoms with van der Waals surface area (Å²) >= 11 is 0. The molecule has 0 atom stereocenters. The van der Waals surface area contributed by atoms with Gasteiger partial charge in [0.1, 0.15) is 5.84 Å². The molecular formula is C15H23N3O3. The Morgan fingerprint density at radius 2 is 1.67 bits per heavy atom. The fraction of sp³-hybridized carbons (Fsp3) is 0.533. The van der Waals surface area contributed by atoms with E-state index in [4.69, 9.17) is 25.0 Å². The van der Waals surface area contributed by atoms with E-state index in [1.807, 2.05) is 12.1 Å². The molecule has 0 amide bonds. The highest BCUT2D eigenvalue weighted by molar-refractivity contribution is 5.99. The molecule has 21 heavy (non-hydrogen) atoms. The number of hydrogen-bond acceptors (Lipinski definition) is 5. The average molecular weight is 293 g/mol. The minimum atomic E-state index is 0.329. The van der Waals surface area contributed by atoms with E-state index in [0.717, 1.165) is 18.4 Å². The van der Waals surface area contributed by atoms with Crippen LogP contribution in [0.2, 0.25) is 0 Å². The van der Waals surface area contributed by atoms with Gasteiger partial charge in [0, 0.05) is 5.56 Å². The van der Waals surface area contributed by atoms with Crippen molar-refractivity contribution >= 4 is 5.84 Å². The number of benzene rings is 1. The van der Waals surface area contributed by atoms with Crippen LogP contribution in [0, 0.1) is 0 Å². The van der Waals surface area contributed by atoms with Crippen LogP contribution in [0.4, 0.5) is 0 Å². The Hall–Kier alpha value is -1.95. The van der Waals surface area contributed by atoms with Crippen molar-refractivity contribution in [3.05, 3.63) is 17.7 Å². The maximum absolute atomic E-state index is 5.64.